The highest BCUT2D eigenvalue weighted by atomic mass is 19.3. The van der Waals surface area contributed by atoms with Gasteiger partial charge in [-0.3, -0.25) is 9.78 Å². The van der Waals surface area contributed by atoms with Crippen LogP contribution in [-0.2, 0) is 4.79 Å². The van der Waals surface area contributed by atoms with E-state index in [0.717, 1.165) is 12.0 Å². The molecule has 3 heterocycles. The lowest BCUT2D eigenvalue weighted by molar-refractivity contribution is -0.117. The van der Waals surface area contributed by atoms with Crippen LogP contribution >= 0.6 is 0 Å². The molecule has 0 bridgehead atoms. The van der Waals surface area contributed by atoms with E-state index < -0.39 is 6.43 Å². The van der Waals surface area contributed by atoms with Gasteiger partial charge in [-0.1, -0.05) is 0 Å². The Balaban J connectivity index is 1.75. The maximum Gasteiger partial charge on any atom is 0.280 e. The van der Waals surface area contributed by atoms with E-state index >= 15 is 0 Å². The Morgan fingerprint density at radius 1 is 1.23 bits per heavy atom. The predicted molar refractivity (Wildman–Crippen MR) is 75.8 cm³/mol. The lowest BCUT2D eigenvalue weighted by Crippen LogP contribution is -2.51. The minimum absolute atomic E-state index is 0.0780. The van der Waals surface area contributed by atoms with Gasteiger partial charge in [0.2, 0.25) is 5.91 Å². The van der Waals surface area contributed by atoms with E-state index in [-0.39, 0.29) is 18.1 Å². The molecule has 0 aliphatic carbocycles. The summed E-state index contributed by atoms with van der Waals surface area (Å²) in [6.07, 6.45) is 1.69. The van der Waals surface area contributed by atoms with Gasteiger partial charge in [0.05, 0.1) is 18.4 Å². The van der Waals surface area contributed by atoms with Crippen LogP contribution in [0.2, 0.25) is 0 Å². The Morgan fingerprint density at radius 3 is 2.77 bits per heavy atom. The van der Waals surface area contributed by atoms with Crippen LogP contribution in [-0.4, -0.2) is 40.5 Å². The zero-order valence-corrected chi connectivity index (χ0v) is 11.6. The molecule has 1 amide bonds. The monoisotopic (exact) mass is 305 g/mol. The molecule has 0 atom stereocenters. The van der Waals surface area contributed by atoms with E-state index in [0.29, 0.717) is 18.9 Å². The van der Waals surface area contributed by atoms with Gasteiger partial charge in [0, 0.05) is 25.4 Å². The van der Waals surface area contributed by atoms with Crippen molar-refractivity contribution in [1.29, 1.82) is 0 Å². The van der Waals surface area contributed by atoms with Gasteiger partial charge >= 0.3 is 0 Å². The number of pyridine rings is 1. The average molecular weight is 305 g/mol. The molecule has 3 rings (SSSR count). The SMILES string of the molecule is O=C1CN(c2cc(C(F)F)ncn2)CCN1c1cccnc1. The summed E-state index contributed by atoms with van der Waals surface area (Å²) >= 11 is 0. The molecule has 1 fully saturated rings. The Labute approximate surface area is 125 Å². The number of hydrogen-bond donors (Lipinski definition) is 0. The average Bonchev–Trinajstić information content (AvgIpc) is 2.55. The first-order valence-corrected chi connectivity index (χ1v) is 6.70. The number of piperazine rings is 1. The van der Waals surface area contributed by atoms with E-state index in [1.54, 1.807) is 34.3 Å². The molecule has 22 heavy (non-hydrogen) atoms. The molecule has 0 saturated carbocycles. The van der Waals surface area contributed by atoms with Crippen molar-refractivity contribution in [2.24, 2.45) is 0 Å². The minimum Gasteiger partial charge on any atom is -0.345 e. The molecule has 0 unspecified atom stereocenters. The summed E-state index contributed by atoms with van der Waals surface area (Å²) in [5.41, 5.74) is 0.384. The van der Waals surface area contributed by atoms with Gasteiger partial charge in [-0.25, -0.2) is 18.7 Å². The van der Waals surface area contributed by atoms with Gasteiger partial charge < -0.3 is 9.80 Å². The normalized spacial score (nSPS) is 15.5. The number of rotatable bonds is 3. The lowest BCUT2D eigenvalue weighted by atomic mass is 10.2. The molecular weight excluding hydrogens is 292 g/mol. The van der Waals surface area contributed by atoms with E-state index in [9.17, 15) is 13.6 Å². The number of hydrogen-bond acceptors (Lipinski definition) is 5. The maximum atomic E-state index is 12.7. The number of nitrogens with zero attached hydrogens (tertiary/aromatic N) is 5. The second-order valence-corrected chi connectivity index (χ2v) is 4.78. The van der Waals surface area contributed by atoms with Crippen molar-refractivity contribution < 1.29 is 13.6 Å². The minimum atomic E-state index is -2.66. The number of carbonyl (C=O) groups is 1. The number of anilines is 2. The summed E-state index contributed by atoms with van der Waals surface area (Å²) in [5, 5.41) is 0. The summed E-state index contributed by atoms with van der Waals surface area (Å²) in [5.74, 6) is 0.209. The number of carbonyl (C=O) groups excluding carboxylic acids is 1. The van der Waals surface area contributed by atoms with Crippen LogP contribution in [0.1, 0.15) is 12.1 Å². The van der Waals surface area contributed by atoms with Gasteiger partial charge in [-0.15, -0.1) is 0 Å². The molecule has 8 heteroatoms. The van der Waals surface area contributed by atoms with Crippen molar-refractivity contribution in [3.05, 3.63) is 42.6 Å². The Morgan fingerprint density at radius 2 is 2.09 bits per heavy atom. The van der Waals surface area contributed by atoms with Crippen LogP contribution in [0.4, 0.5) is 20.3 Å². The first kappa shape index (κ1) is 14.3. The molecule has 0 spiro atoms. The first-order chi connectivity index (χ1) is 10.6. The maximum absolute atomic E-state index is 12.7. The molecule has 1 aliphatic heterocycles. The summed E-state index contributed by atoms with van der Waals surface area (Å²) < 4.78 is 25.4. The van der Waals surface area contributed by atoms with Crippen molar-refractivity contribution in [2.45, 2.75) is 6.43 Å². The highest BCUT2D eigenvalue weighted by Crippen LogP contribution is 2.22. The summed E-state index contributed by atoms with van der Waals surface area (Å²) in [6, 6.07) is 4.78. The van der Waals surface area contributed by atoms with Crippen LogP contribution in [0, 0.1) is 0 Å². The quantitative estimate of drug-likeness (QED) is 0.863. The van der Waals surface area contributed by atoms with Crippen molar-refractivity contribution in [2.75, 3.05) is 29.4 Å². The predicted octanol–water partition coefficient (Wildman–Crippen LogP) is 1.66. The van der Waals surface area contributed by atoms with E-state index in [4.69, 9.17) is 0 Å². The van der Waals surface area contributed by atoms with E-state index in [2.05, 4.69) is 15.0 Å². The van der Waals surface area contributed by atoms with Gasteiger partial charge in [0.25, 0.3) is 6.43 Å². The topological polar surface area (TPSA) is 62.2 Å². The molecule has 0 N–H and O–H groups in total. The second-order valence-electron chi connectivity index (χ2n) is 4.78. The molecule has 114 valence electrons. The third kappa shape index (κ3) is 2.85. The number of halogens is 2. The van der Waals surface area contributed by atoms with Crippen LogP contribution in [0.25, 0.3) is 0 Å². The highest BCUT2D eigenvalue weighted by Gasteiger charge is 2.26. The summed E-state index contributed by atoms with van der Waals surface area (Å²) in [6.45, 7) is 1.02. The zero-order valence-electron chi connectivity index (χ0n) is 11.6. The fourth-order valence-corrected chi connectivity index (χ4v) is 2.31. The molecular formula is C14H13F2N5O. The largest absolute Gasteiger partial charge is 0.345 e. The van der Waals surface area contributed by atoms with Crippen LogP contribution in [0.3, 0.4) is 0 Å². The van der Waals surface area contributed by atoms with Gasteiger partial charge in [-0.2, -0.15) is 0 Å². The van der Waals surface area contributed by atoms with Crippen molar-refractivity contribution in [3.63, 3.8) is 0 Å². The number of aromatic nitrogens is 3. The number of alkyl halides is 2. The van der Waals surface area contributed by atoms with Crippen LogP contribution in [0.5, 0.6) is 0 Å². The summed E-state index contributed by atoms with van der Waals surface area (Å²) in [4.78, 5) is 27.0. The highest BCUT2D eigenvalue weighted by molar-refractivity contribution is 5.97. The molecule has 0 aromatic carbocycles. The van der Waals surface area contributed by atoms with Crippen molar-refractivity contribution >= 4 is 17.4 Å². The second kappa shape index (κ2) is 6.00. The third-order valence-electron chi connectivity index (χ3n) is 3.40. The Hall–Kier alpha value is -2.64. The van der Waals surface area contributed by atoms with Gasteiger partial charge in [-0.05, 0) is 12.1 Å². The molecule has 1 aliphatic rings. The van der Waals surface area contributed by atoms with E-state index in [1.165, 1.54) is 6.07 Å². The molecule has 6 nitrogen and oxygen atoms in total. The summed E-state index contributed by atoms with van der Waals surface area (Å²) in [7, 11) is 0. The van der Waals surface area contributed by atoms with E-state index in [1.807, 2.05) is 0 Å². The fraction of sp³-hybridized carbons (Fsp3) is 0.286. The zero-order chi connectivity index (χ0) is 15.5. The standard InChI is InChI=1S/C14H13F2N5O/c15-14(16)11-6-12(19-9-18-11)20-4-5-21(13(22)8-20)10-2-1-3-17-7-10/h1-3,6-7,9,14H,4-5,8H2. The fourth-order valence-electron chi connectivity index (χ4n) is 2.31. The van der Waals surface area contributed by atoms with Crippen molar-refractivity contribution in [1.82, 2.24) is 15.0 Å². The van der Waals surface area contributed by atoms with Crippen LogP contribution < -0.4 is 9.80 Å². The first-order valence-electron chi connectivity index (χ1n) is 6.70. The van der Waals surface area contributed by atoms with Crippen molar-refractivity contribution in [3.8, 4) is 0 Å². The molecule has 0 radical (unpaired) electrons. The smallest absolute Gasteiger partial charge is 0.280 e. The molecule has 1 saturated heterocycles. The Kier molecular flexibility index (Phi) is 3.90. The lowest BCUT2D eigenvalue weighted by Gasteiger charge is -2.34. The van der Waals surface area contributed by atoms with Gasteiger partial charge in [0.1, 0.15) is 17.8 Å². The number of amides is 1. The van der Waals surface area contributed by atoms with Crippen LogP contribution in [0.15, 0.2) is 36.9 Å². The third-order valence-corrected chi connectivity index (χ3v) is 3.40. The molecule has 2 aromatic heterocycles. The Bertz CT molecular complexity index is 667. The van der Waals surface area contributed by atoms with Gasteiger partial charge in [0.15, 0.2) is 0 Å². The molecule has 2 aromatic rings.